The first-order valence-corrected chi connectivity index (χ1v) is 4.21. The van der Waals surface area contributed by atoms with E-state index in [1.165, 1.54) is 0 Å². The van der Waals surface area contributed by atoms with E-state index in [2.05, 4.69) is 16.9 Å². The van der Waals surface area contributed by atoms with E-state index in [1.807, 2.05) is 13.8 Å². The van der Waals surface area contributed by atoms with Crippen molar-refractivity contribution >= 4 is 6.29 Å². The van der Waals surface area contributed by atoms with Crippen LogP contribution in [0, 0.1) is 0 Å². The summed E-state index contributed by atoms with van der Waals surface area (Å²) in [5, 5.41) is 7.63. The molecule has 13 heavy (non-hydrogen) atoms. The van der Waals surface area contributed by atoms with Crippen LogP contribution in [0.2, 0.25) is 0 Å². The Morgan fingerprint density at radius 3 is 2.85 bits per heavy atom. The van der Waals surface area contributed by atoms with Crippen molar-refractivity contribution in [1.29, 1.82) is 0 Å². The molecular weight excluding hydrogens is 166 g/mol. The molecule has 0 bridgehead atoms. The van der Waals surface area contributed by atoms with Gasteiger partial charge in [-0.25, -0.2) is 4.68 Å². The van der Waals surface area contributed by atoms with Crippen LogP contribution in [0.3, 0.4) is 0 Å². The van der Waals surface area contributed by atoms with Crippen LogP contribution < -0.4 is 0 Å². The van der Waals surface area contributed by atoms with E-state index in [9.17, 15) is 4.79 Å². The largest absolute Gasteiger partial charge is 0.296 e. The summed E-state index contributed by atoms with van der Waals surface area (Å²) >= 11 is 0. The van der Waals surface area contributed by atoms with E-state index < -0.39 is 0 Å². The van der Waals surface area contributed by atoms with Crippen LogP contribution in [0.4, 0.5) is 0 Å². The lowest BCUT2D eigenvalue weighted by atomic mass is 10.2. The normalized spacial score (nSPS) is 10.0. The maximum Gasteiger partial charge on any atom is 0.172 e. The van der Waals surface area contributed by atoms with Crippen molar-refractivity contribution < 1.29 is 4.79 Å². The van der Waals surface area contributed by atoms with Crippen molar-refractivity contribution in [2.75, 3.05) is 0 Å². The molecule has 0 fully saturated rings. The molecule has 0 aliphatic rings. The molecule has 1 aromatic heterocycles. The average Bonchev–Trinajstić information content (AvgIpc) is 2.45. The fourth-order valence-corrected chi connectivity index (χ4v) is 1.18. The van der Waals surface area contributed by atoms with E-state index in [0.717, 1.165) is 24.0 Å². The Bertz CT molecular complexity index is 328. The van der Waals surface area contributed by atoms with Crippen molar-refractivity contribution in [1.82, 2.24) is 15.0 Å². The van der Waals surface area contributed by atoms with Gasteiger partial charge in [-0.2, -0.15) is 0 Å². The molecule has 1 aromatic rings. The molecule has 0 saturated heterocycles. The summed E-state index contributed by atoms with van der Waals surface area (Å²) in [5.74, 6) is 0. The monoisotopic (exact) mass is 179 g/mol. The molecule has 1 heterocycles. The molecule has 0 radical (unpaired) electrons. The smallest absolute Gasteiger partial charge is 0.172 e. The van der Waals surface area contributed by atoms with Crippen molar-refractivity contribution in [3.05, 3.63) is 23.5 Å². The predicted molar refractivity (Wildman–Crippen MR) is 49.6 cm³/mol. The summed E-state index contributed by atoms with van der Waals surface area (Å²) in [5.41, 5.74) is 2.30. The summed E-state index contributed by atoms with van der Waals surface area (Å²) in [6.07, 6.45) is 1.50. The quantitative estimate of drug-likeness (QED) is 0.516. The zero-order valence-corrected chi connectivity index (χ0v) is 7.95. The Labute approximate surface area is 77.3 Å². The highest BCUT2D eigenvalue weighted by Gasteiger charge is 2.09. The molecule has 0 spiro atoms. The number of hydrogen-bond acceptors (Lipinski definition) is 3. The maximum atomic E-state index is 10.5. The summed E-state index contributed by atoms with van der Waals surface area (Å²) < 4.78 is 1.71. The minimum atomic E-state index is 0.434. The second-order valence-corrected chi connectivity index (χ2v) is 3.01. The first-order valence-electron chi connectivity index (χ1n) is 4.21. The van der Waals surface area contributed by atoms with Crippen molar-refractivity contribution in [3.8, 4) is 0 Å². The van der Waals surface area contributed by atoms with Gasteiger partial charge in [-0.15, -0.1) is 5.10 Å². The predicted octanol–water partition coefficient (Wildman–Crippen LogP) is 1.23. The zero-order valence-electron chi connectivity index (χ0n) is 7.95. The van der Waals surface area contributed by atoms with Gasteiger partial charge in [0.15, 0.2) is 6.29 Å². The molecule has 0 atom stereocenters. The second-order valence-electron chi connectivity index (χ2n) is 3.01. The van der Waals surface area contributed by atoms with Crippen LogP contribution >= 0.6 is 0 Å². The van der Waals surface area contributed by atoms with E-state index >= 15 is 0 Å². The van der Waals surface area contributed by atoms with Crippen LogP contribution in [0.5, 0.6) is 0 Å². The van der Waals surface area contributed by atoms with Gasteiger partial charge < -0.3 is 0 Å². The third-order valence-corrected chi connectivity index (χ3v) is 1.73. The number of carbonyl (C=O) groups excluding carboxylic acids is 1. The second kappa shape index (κ2) is 3.98. The third kappa shape index (κ3) is 2.02. The van der Waals surface area contributed by atoms with Gasteiger partial charge in [0.25, 0.3) is 0 Å². The van der Waals surface area contributed by atoms with Gasteiger partial charge in [0, 0.05) is 0 Å². The van der Waals surface area contributed by atoms with Crippen LogP contribution in [-0.4, -0.2) is 21.3 Å². The SMILES string of the molecule is C=C(C)Cn1nnc(C=O)c1CC. The number of allylic oxidation sites excluding steroid dienone is 1. The summed E-state index contributed by atoms with van der Waals surface area (Å²) in [7, 11) is 0. The lowest BCUT2D eigenvalue weighted by molar-refractivity contribution is 0.111. The molecule has 0 unspecified atom stereocenters. The molecule has 0 amide bonds. The third-order valence-electron chi connectivity index (χ3n) is 1.73. The van der Waals surface area contributed by atoms with Gasteiger partial charge in [-0.05, 0) is 13.3 Å². The van der Waals surface area contributed by atoms with Gasteiger partial charge in [0.2, 0.25) is 0 Å². The van der Waals surface area contributed by atoms with Crippen LogP contribution in [0.15, 0.2) is 12.2 Å². The standard InChI is InChI=1S/C9H13N3O/c1-4-9-8(6-13)10-11-12(9)5-7(2)3/h6H,2,4-5H2,1,3H3. The van der Waals surface area contributed by atoms with E-state index in [1.54, 1.807) is 4.68 Å². The fraction of sp³-hybridized carbons (Fsp3) is 0.444. The number of aldehydes is 1. The summed E-state index contributed by atoms with van der Waals surface area (Å²) in [4.78, 5) is 10.5. The Kier molecular flexibility index (Phi) is 2.95. The molecular formula is C9H13N3O. The minimum absolute atomic E-state index is 0.434. The molecule has 0 aromatic carbocycles. The van der Waals surface area contributed by atoms with Crippen molar-refractivity contribution in [3.63, 3.8) is 0 Å². The highest BCUT2D eigenvalue weighted by molar-refractivity contribution is 5.73. The fourth-order valence-electron chi connectivity index (χ4n) is 1.18. The highest BCUT2D eigenvalue weighted by Crippen LogP contribution is 2.05. The first kappa shape index (κ1) is 9.64. The van der Waals surface area contributed by atoms with Crippen LogP contribution in [-0.2, 0) is 13.0 Å². The van der Waals surface area contributed by atoms with Gasteiger partial charge in [0.1, 0.15) is 5.69 Å². The molecule has 0 aliphatic carbocycles. The number of aromatic nitrogens is 3. The lowest BCUT2D eigenvalue weighted by Crippen LogP contribution is -2.05. The van der Waals surface area contributed by atoms with Crippen LogP contribution in [0.25, 0.3) is 0 Å². The van der Waals surface area contributed by atoms with Gasteiger partial charge in [0.05, 0.1) is 12.2 Å². The number of carbonyl (C=O) groups is 1. The van der Waals surface area contributed by atoms with E-state index in [0.29, 0.717) is 12.2 Å². The van der Waals surface area contributed by atoms with Crippen LogP contribution in [0.1, 0.15) is 30.0 Å². The minimum Gasteiger partial charge on any atom is -0.296 e. The molecule has 0 N–H and O–H groups in total. The van der Waals surface area contributed by atoms with E-state index in [-0.39, 0.29) is 0 Å². The molecule has 70 valence electrons. The van der Waals surface area contributed by atoms with E-state index in [4.69, 9.17) is 0 Å². The Morgan fingerprint density at radius 2 is 2.38 bits per heavy atom. The molecule has 0 saturated carbocycles. The first-order chi connectivity index (χ1) is 6.19. The Balaban J connectivity index is 3.00. The number of hydrogen-bond donors (Lipinski definition) is 0. The summed E-state index contributed by atoms with van der Waals surface area (Å²) in [6, 6.07) is 0. The number of rotatable bonds is 4. The Morgan fingerprint density at radius 1 is 1.69 bits per heavy atom. The Hall–Kier alpha value is -1.45. The zero-order chi connectivity index (χ0) is 9.84. The molecule has 4 heteroatoms. The summed E-state index contributed by atoms with van der Waals surface area (Å²) in [6.45, 7) is 8.30. The average molecular weight is 179 g/mol. The van der Waals surface area contributed by atoms with Crippen molar-refractivity contribution in [2.24, 2.45) is 0 Å². The lowest BCUT2D eigenvalue weighted by Gasteiger charge is -2.03. The molecule has 1 rings (SSSR count). The topological polar surface area (TPSA) is 47.8 Å². The molecule has 0 aliphatic heterocycles. The number of nitrogens with zero attached hydrogens (tertiary/aromatic N) is 3. The van der Waals surface area contributed by atoms with Gasteiger partial charge >= 0.3 is 0 Å². The van der Waals surface area contributed by atoms with Crippen molar-refractivity contribution in [2.45, 2.75) is 26.8 Å². The van der Waals surface area contributed by atoms with Gasteiger partial charge in [-0.3, -0.25) is 4.79 Å². The van der Waals surface area contributed by atoms with Gasteiger partial charge in [-0.1, -0.05) is 24.3 Å². The molecule has 4 nitrogen and oxygen atoms in total. The maximum absolute atomic E-state index is 10.5. The highest BCUT2D eigenvalue weighted by atomic mass is 16.1.